The minimum absolute atomic E-state index is 0.299. The highest BCUT2D eigenvalue weighted by molar-refractivity contribution is 5.66. The monoisotopic (exact) mass is 421 g/mol. The normalized spacial score (nSPS) is 11.6. The van der Waals surface area contributed by atoms with Crippen molar-refractivity contribution in [1.82, 2.24) is 14.7 Å². The van der Waals surface area contributed by atoms with Gasteiger partial charge in [-0.05, 0) is 62.6 Å². The number of benzene rings is 2. The van der Waals surface area contributed by atoms with E-state index in [2.05, 4.69) is 19.9 Å². The van der Waals surface area contributed by atoms with E-state index in [-0.39, 0.29) is 0 Å². The van der Waals surface area contributed by atoms with Gasteiger partial charge < -0.3 is 9.84 Å². The second-order valence-corrected chi connectivity index (χ2v) is 8.96. The summed E-state index contributed by atoms with van der Waals surface area (Å²) in [6, 6.07) is 18.0. The second-order valence-electron chi connectivity index (χ2n) is 8.96. The van der Waals surface area contributed by atoms with Crippen molar-refractivity contribution in [3.05, 3.63) is 65.9 Å². The third kappa shape index (κ3) is 5.08. The Labute approximate surface area is 184 Å². The molecule has 6 nitrogen and oxygen atoms in total. The van der Waals surface area contributed by atoms with Gasteiger partial charge in [-0.1, -0.05) is 38.1 Å². The van der Waals surface area contributed by atoms with Crippen LogP contribution in [-0.4, -0.2) is 38.5 Å². The summed E-state index contributed by atoms with van der Waals surface area (Å²) in [6.07, 6.45) is -0.921. The average molecular weight is 422 g/mol. The summed E-state index contributed by atoms with van der Waals surface area (Å²) >= 11 is 0. The highest BCUT2D eigenvalue weighted by atomic mass is 16.5. The van der Waals surface area contributed by atoms with Crippen molar-refractivity contribution in [1.29, 1.82) is 0 Å². The summed E-state index contributed by atoms with van der Waals surface area (Å²) in [6.45, 7) is 10.3. The smallest absolute Gasteiger partial charge is 0.408 e. The minimum Gasteiger partial charge on any atom is -0.497 e. The molecule has 6 heteroatoms. The number of hydrogen-bond donors (Lipinski definition) is 1. The third-order valence-corrected chi connectivity index (χ3v) is 5.27. The largest absolute Gasteiger partial charge is 0.497 e. The lowest BCUT2D eigenvalue weighted by Gasteiger charge is -2.33. The number of hydrogen-bond acceptors (Lipinski definition) is 3. The van der Waals surface area contributed by atoms with Gasteiger partial charge in [0.1, 0.15) is 5.75 Å². The Balaban J connectivity index is 1.95. The standard InChI is InChI=1S/C25H31N3O3/c1-17(2)22-15-23(28(26-22)20-11-13-21(31-6)14-12-20)19-9-7-18(8-10-19)16-27(24(29)30)25(3,4)5/h7-15,17H,16H2,1-6H3,(H,29,30). The van der Waals surface area contributed by atoms with E-state index in [0.717, 1.165) is 34.0 Å². The Morgan fingerprint density at radius 2 is 1.71 bits per heavy atom. The highest BCUT2D eigenvalue weighted by Crippen LogP contribution is 2.28. The first-order chi connectivity index (χ1) is 14.6. The third-order valence-electron chi connectivity index (χ3n) is 5.27. The van der Waals surface area contributed by atoms with Gasteiger partial charge in [-0.15, -0.1) is 0 Å². The van der Waals surface area contributed by atoms with E-state index in [4.69, 9.17) is 9.84 Å². The molecule has 1 aromatic heterocycles. The molecule has 0 saturated heterocycles. The molecule has 0 radical (unpaired) electrons. The van der Waals surface area contributed by atoms with Crippen LogP contribution in [0, 0.1) is 0 Å². The molecule has 0 fully saturated rings. The Morgan fingerprint density at radius 3 is 2.19 bits per heavy atom. The van der Waals surface area contributed by atoms with E-state index in [1.54, 1.807) is 7.11 Å². The van der Waals surface area contributed by atoms with E-state index in [1.165, 1.54) is 4.90 Å². The fraction of sp³-hybridized carbons (Fsp3) is 0.360. The van der Waals surface area contributed by atoms with Gasteiger partial charge in [0.2, 0.25) is 0 Å². The molecular formula is C25H31N3O3. The molecule has 0 spiro atoms. The SMILES string of the molecule is COc1ccc(-n2nc(C(C)C)cc2-c2ccc(CN(C(=O)O)C(C)(C)C)cc2)cc1. The number of methoxy groups -OCH3 is 1. The molecule has 0 saturated carbocycles. The van der Waals surface area contributed by atoms with Gasteiger partial charge in [-0.3, -0.25) is 4.90 Å². The lowest BCUT2D eigenvalue weighted by molar-refractivity contribution is 0.0955. The minimum atomic E-state index is -0.921. The summed E-state index contributed by atoms with van der Waals surface area (Å²) in [4.78, 5) is 13.1. The number of amides is 1. The van der Waals surface area contributed by atoms with Gasteiger partial charge in [0.15, 0.2) is 0 Å². The quantitative estimate of drug-likeness (QED) is 0.534. The van der Waals surface area contributed by atoms with E-state index >= 15 is 0 Å². The van der Waals surface area contributed by atoms with Crippen LogP contribution >= 0.6 is 0 Å². The van der Waals surface area contributed by atoms with Gasteiger partial charge in [-0.25, -0.2) is 9.48 Å². The van der Waals surface area contributed by atoms with Crippen LogP contribution in [0.5, 0.6) is 5.75 Å². The molecule has 0 bridgehead atoms. The van der Waals surface area contributed by atoms with Crippen molar-refractivity contribution >= 4 is 6.09 Å². The fourth-order valence-corrected chi connectivity index (χ4v) is 3.36. The predicted octanol–water partition coefficient (Wildman–Crippen LogP) is 5.95. The Morgan fingerprint density at radius 1 is 1.10 bits per heavy atom. The number of ether oxygens (including phenoxy) is 1. The van der Waals surface area contributed by atoms with Crippen LogP contribution < -0.4 is 4.74 Å². The van der Waals surface area contributed by atoms with Crippen LogP contribution in [0.1, 0.15) is 51.8 Å². The number of aromatic nitrogens is 2. The van der Waals surface area contributed by atoms with Gasteiger partial charge in [0, 0.05) is 17.6 Å². The van der Waals surface area contributed by atoms with Crippen LogP contribution in [0.15, 0.2) is 54.6 Å². The number of nitrogens with zero attached hydrogens (tertiary/aromatic N) is 3. The molecule has 164 valence electrons. The average Bonchev–Trinajstić information content (AvgIpc) is 3.17. The molecule has 0 atom stereocenters. The maximum Gasteiger partial charge on any atom is 0.408 e. The van der Waals surface area contributed by atoms with E-state index < -0.39 is 11.6 Å². The van der Waals surface area contributed by atoms with E-state index in [0.29, 0.717) is 12.5 Å². The van der Waals surface area contributed by atoms with E-state index in [9.17, 15) is 9.90 Å². The Hall–Kier alpha value is -3.28. The summed E-state index contributed by atoms with van der Waals surface area (Å²) in [7, 11) is 1.65. The van der Waals surface area contributed by atoms with Crippen LogP contribution in [-0.2, 0) is 6.54 Å². The number of rotatable bonds is 6. The molecule has 2 aromatic carbocycles. The number of carboxylic acid groups (broad SMARTS) is 1. The summed E-state index contributed by atoms with van der Waals surface area (Å²) in [5.74, 6) is 1.10. The molecular weight excluding hydrogens is 390 g/mol. The lowest BCUT2D eigenvalue weighted by atomic mass is 10.0. The first kappa shape index (κ1) is 22.4. The Bertz CT molecular complexity index is 1030. The molecule has 0 aliphatic carbocycles. The van der Waals surface area contributed by atoms with E-state index in [1.807, 2.05) is 74.0 Å². The lowest BCUT2D eigenvalue weighted by Crippen LogP contribution is -2.44. The highest BCUT2D eigenvalue weighted by Gasteiger charge is 2.26. The topological polar surface area (TPSA) is 67.6 Å². The first-order valence-corrected chi connectivity index (χ1v) is 10.4. The zero-order chi connectivity index (χ0) is 22.8. The van der Waals surface area contributed by atoms with Gasteiger partial charge in [0.05, 0.1) is 24.2 Å². The zero-order valence-corrected chi connectivity index (χ0v) is 19.1. The second kappa shape index (κ2) is 8.84. The van der Waals surface area contributed by atoms with Crippen LogP contribution in [0.4, 0.5) is 4.79 Å². The van der Waals surface area contributed by atoms with Crippen molar-refractivity contribution in [3.63, 3.8) is 0 Å². The van der Waals surface area contributed by atoms with Crippen molar-refractivity contribution < 1.29 is 14.6 Å². The van der Waals surface area contributed by atoms with Gasteiger partial charge in [0.25, 0.3) is 0 Å². The summed E-state index contributed by atoms with van der Waals surface area (Å²) < 4.78 is 7.22. The van der Waals surface area contributed by atoms with Gasteiger partial charge in [-0.2, -0.15) is 5.10 Å². The first-order valence-electron chi connectivity index (χ1n) is 10.4. The summed E-state index contributed by atoms with van der Waals surface area (Å²) in [5.41, 5.74) is 4.46. The van der Waals surface area contributed by atoms with Gasteiger partial charge >= 0.3 is 6.09 Å². The zero-order valence-electron chi connectivity index (χ0n) is 19.1. The van der Waals surface area contributed by atoms with Crippen LogP contribution in [0.3, 0.4) is 0 Å². The molecule has 0 aliphatic rings. The summed E-state index contributed by atoms with van der Waals surface area (Å²) in [5, 5.41) is 14.4. The molecule has 1 amide bonds. The molecule has 1 heterocycles. The van der Waals surface area contributed by atoms with Crippen LogP contribution in [0.2, 0.25) is 0 Å². The molecule has 3 rings (SSSR count). The maximum atomic E-state index is 11.7. The van der Waals surface area contributed by atoms with Crippen molar-refractivity contribution in [3.8, 4) is 22.7 Å². The molecule has 31 heavy (non-hydrogen) atoms. The molecule has 0 unspecified atom stereocenters. The molecule has 1 N–H and O–H groups in total. The fourth-order valence-electron chi connectivity index (χ4n) is 3.36. The Kier molecular flexibility index (Phi) is 6.39. The molecule has 3 aromatic rings. The van der Waals surface area contributed by atoms with Crippen LogP contribution in [0.25, 0.3) is 16.9 Å². The molecule has 0 aliphatic heterocycles. The maximum absolute atomic E-state index is 11.7. The van der Waals surface area contributed by atoms with Crippen molar-refractivity contribution in [2.75, 3.05) is 7.11 Å². The van der Waals surface area contributed by atoms with Crippen molar-refractivity contribution in [2.45, 2.75) is 52.6 Å². The van der Waals surface area contributed by atoms with Crippen molar-refractivity contribution in [2.24, 2.45) is 0 Å². The number of carbonyl (C=O) groups is 1. The predicted molar refractivity (Wildman–Crippen MR) is 123 cm³/mol.